The van der Waals surface area contributed by atoms with E-state index in [2.05, 4.69) is 24.9 Å². The second kappa shape index (κ2) is 24.4. The fourth-order valence-electron chi connectivity index (χ4n) is 9.10. The SMILES string of the molecule is CC(=O)c1c(-c2ccccc2)c2cc(Cl)ccc2[nH]c1=O.O=C(/C=C/c1cncc(F)c1)c1c(-c2ccccc2)c2cc(Cl)ccc2[nH]c1=O.O=C(CCc1cncc(F)c1)c1c(-c2ccccc2)c2cc(Cl)ccc2[nH]c1=O. The van der Waals surface area contributed by atoms with Crippen LogP contribution in [0, 0.1) is 11.6 Å². The highest BCUT2D eigenvalue weighted by atomic mass is 35.5. The molecule has 0 atom stereocenters. The standard InChI is InChI=1S/C23H16ClFN2O2.C23H14ClFN2O2.C17H12ClNO2/c2*24-16-7-8-19-18(11-16)21(15-4-2-1-3-5-15)22(23(29)27-19)20(28)9-6-14-10-17(25)13-26-12-14;1-10(20)15-16(11-5-3-2-4-6-11)13-9-12(18)7-8-14(13)19-17(15)21/h1-5,7-8,10-13H,6,9H2,(H,27,29);1-13H,(H,27,29);2-9H,1H3,(H,19,21)/b;9-6+;. The van der Waals surface area contributed by atoms with Crippen molar-refractivity contribution in [2.75, 3.05) is 0 Å². The Morgan fingerprint density at radius 2 is 0.899 bits per heavy atom. The fourth-order valence-corrected chi connectivity index (χ4v) is 9.61. The summed E-state index contributed by atoms with van der Waals surface area (Å²) in [5.41, 5.74) is 5.71. The average Bonchev–Trinajstić information content (AvgIpc) is 3.47. The molecule has 16 heteroatoms. The summed E-state index contributed by atoms with van der Waals surface area (Å²) in [6.07, 6.45) is 8.12. The van der Waals surface area contributed by atoms with E-state index in [1.165, 1.54) is 43.6 Å². The molecule has 11 aromatic rings. The van der Waals surface area contributed by atoms with Crippen LogP contribution in [0.4, 0.5) is 8.78 Å². The number of rotatable bonds is 11. The van der Waals surface area contributed by atoms with Crippen molar-refractivity contribution in [3.63, 3.8) is 0 Å². The molecule has 390 valence electrons. The first kappa shape index (κ1) is 54.5. The Kier molecular flexibility index (Phi) is 16.8. The molecule has 0 aliphatic rings. The van der Waals surface area contributed by atoms with E-state index in [-0.39, 0.29) is 46.7 Å². The molecule has 0 amide bonds. The highest BCUT2D eigenvalue weighted by Crippen LogP contribution is 2.35. The summed E-state index contributed by atoms with van der Waals surface area (Å²) in [5.74, 6) is -2.06. The molecule has 0 spiro atoms. The zero-order valence-corrected chi connectivity index (χ0v) is 43.9. The number of H-pyrrole nitrogens is 3. The van der Waals surface area contributed by atoms with Crippen LogP contribution in [0.25, 0.3) is 72.2 Å². The summed E-state index contributed by atoms with van der Waals surface area (Å²) >= 11 is 18.4. The Morgan fingerprint density at radius 3 is 1.34 bits per heavy atom. The van der Waals surface area contributed by atoms with Gasteiger partial charge in [0.2, 0.25) is 0 Å². The van der Waals surface area contributed by atoms with Crippen LogP contribution in [0.5, 0.6) is 0 Å². The number of benzene rings is 6. The van der Waals surface area contributed by atoms with Gasteiger partial charge < -0.3 is 15.0 Å². The lowest BCUT2D eigenvalue weighted by Crippen LogP contribution is -2.20. The smallest absolute Gasteiger partial charge is 0.260 e. The predicted molar refractivity (Wildman–Crippen MR) is 309 cm³/mol. The zero-order chi connectivity index (χ0) is 55.7. The molecule has 5 aromatic heterocycles. The maximum absolute atomic E-state index is 13.4. The number of hydrogen-bond acceptors (Lipinski definition) is 8. The Bertz CT molecular complexity index is 4360. The predicted octanol–water partition coefficient (Wildman–Crippen LogP) is 14.5. The third-order valence-electron chi connectivity index (χ3n) is 12.5. The molecule has 11 rings (SSSR count). The molecule has 5 heterocycles. The Morgan fingerprint density at radius 1 is 0.494 bits per heavy atom. The van der Waals surface area contributed by atoms with Gasteiger partial charge in [0.05, 0.1) is 29.1 Å². The largest absolute Gasteiger partial charge is 0.321 e. The summed E-state index contributed by atoms with van der Waals surface area (Å²) in [5, 5.41) is 3.67. The van der Waals surface area contributed by atoms with Gasteiger partial charge in [0, 0.05) is 83.3 Å². The van der Waals surface area contributed by atoms with Crippen molar-refractivity contribution in [1.29, 1.82) is 0 Å². The van der Waals surface area contributed by atoms with Crippen LogP contribution in [-0.2, 0) is 6.42 Å². The van der Waals surface area contributed by atoms with Gasteiger partial charge >= 0.3 is 0 Å². The maximum Gasteiger partial charge on any atom is 0.260 e. The van der Waals surface area contributed by atoms with Crippen LogP contribution in [0.3, 0.4) is 0 Å². The number of aryl methyl sites for hydroxylation is 1. The van der Waals surface area contributed by atoms with Gasteiger partial charge in [0.25, 0.3) is 16.7 Å². The Hall–Kier alpha value is -9.27. The third kappa shape index (κ3) is 12.6. The molecule has 11 nitrogen and oxygen atoms in total. The molecule has 0 saturated heterocycles. The number of carbonyl (C=O) groups is 3. The number of nitrogens with zero attached hydrogens (tertiary/aromatic N) is 2. The van der Waals surface area contributed by atoms with E-state index in [1.54, 1.807) is 54.6 Å². The minimum absolute atomic E-state index is 0.00780. The van der Waals surface area contributed by atoms with Crippen molar-refractivity contribution in [2.45, 2.75) is 19.8 Å². The Labute approximate surface area is 463 Å². The molecular formula is C63H42Cl3F2N5O6. The summed E-state index contributed by atoms with van der Waals surface area (Å²) in [7, 11) is 0. The zero-order valence-electron chi connectivity index (χ0n) is 41.6. The lowest BCUT2D eigenvalue weighted by molar-refractivity contribution is 0.0979. The van der Waals surface area contributed by atoms with Crippen LogP contribution in [0.1, 0.15) is 55.5 Å². The van der Waals surface area contributed by atoms with E-state index in [9.17, 15) is 37.5 Å². The van der Waals surface area contributed by atoms with E-state index in [4.69, 9.17) is 34.8 Å². The van der Waals surface area contributed by atoms with E-state index >= 15 is 0 Å². The normalized spacial score (nSPS) is 11.0. The van der Waals surface area contributed by atoms with Crippen LogP contribution in [0.15, 0.2) is 203 Å². The second-order valence-corrected chi connectivity index (χ2v) is 19.2. The van der Waals surface area contributed by atoms with Crippen LogP contribution in [-0.4, -0.2) is 42.3 Å². The van der Waals surface area contributed by atoms with Gasteiger partial charge in [-0.3, -0.25) is 38.7 Å². The topological polar surface area (TPSA) is 176 Å². The number of nitrogens with one attached hydrogen (secondary N) is 3. The van der Waals surface area contributed by atoms with E-state index < -0.39 is 28.5 Å². The molecule has 0 saturated carbocycles. The van der Waals surface area contributed by atoms with Crippen molar-refractivity contribution in [3.8, 4) is 33.4 Å². The van der Waals surface area contributed by atoms with Gasteiger partial charge in [0.1, 0.15) is 11.6 Å². The van der Waals surface area contributed by atoms with Crippen LogP contribution >= 0.6 is 34.8 Å². The fraction of sp³-hybridized carbons (Fsp3) is 0.0476. The van der Waals surface area contributed by atoms with Crippen LogP contribution < -0.4 is 16.7 Å². The molecule has 79 heavy (non-hydrogen) atoms. The number of ketones is 3. The highest BCUT2D eigenvalue weighted by Gasteiger charge is 2.23. The molecule has 6 aromatic carbocycles. The van der Waals surface area contributed by atoms with Crippen LogP contribution in [0.2, 0.25) is 15.1 Å². The summed E-state index contributed by atoms with van der Waals surface area (Å²) in [6, 6.07) is 45.8. The number of carbonyl (C=O) groups excluding carboxylic acids is 3. The number of aromatic nitrogens is 5. The molecular weight excluding hydrogens is 1070 g/mol. The minimum atomic E-state index is -0.511. The first-order valence-electron chi connectivity index (χ1n) is 24.3. The molecule has 0 radical (unpaired) electrons. The molecule has 0 bridgehead atoms. The Balaban J connectivity index is 0.000000146. The highest BCUT2D eigenvalue weighted by molar-refractivity contribution is 6.32. The number of aromatic amines is 3. The summed E-state index contributed by atoms with van der Waals surface area (Å²) in [4.78, 5) is 91.7. The van der Waals surface area contributed by atoms with Gasteiger partial charge in [-0.1, -0.05) is 126 Å². The summed E-state index contributed by atoms with van der Waals surface area (Å²) < 4.78 is 26.7. The van der Waals surface area contributed by atoms with Crippen molar-refractivity contribution in [1.82, 2.24) is 24.9 Å². The number of fused-ring (bicyclic) bond motifs is 3. The molecule has 3 N–H and O–H groups in total. The first-order valence-corrected chi connectivity index (χ1v) is 25.5. The van der Waals surface area contributed by atoms with E-state index in [0.717, 1.165) is 34.5 Å². The molecule has 0 unspecified atom stereocenters. The lowest BCUT2D eigenvalue weighted by atomic mass is 9.92. The van der Waals surface area contributed by atoms with Crippen molar-refractivity contribution < 1.29 is 23.2 Å². The van der Waals surface area contributed by atoms with Gasteiger partial charge in [-0.15, -0.1) is 0 Å². The van der Waals surface area contributed by atoms with E-state index in [0.29, 0.717) is 70.2 Å². The van der Waals surface area contributed by atoms with Crippen molar-refractivity contribution >= 4 is 90.9 Å². The maximum atomic E-state index is 13.4. The minimum Gasteiger partial charge on any atom is -0.321 e. The number of allylic oxidation sites excluding steroid dienone is 1. The number of Topliss-reactive ketones (excluding diaryl/α,β-unsaturated/α-hetero) is 2. The number of hydrogen-bond donors (Lipinski definition) is 3. The third-order valence-corrected chi connectivity index (χ3v) is 13.3. The second-order valence-electron chi connectivity index (χ2n) is 17.9. The molecule has 0 aliphatic carbocycles. The van der Waals surface area contributed by atoms with Gasteiger partial charge in [-0.05, 0) is 120 Å². The molecule has 0 aliphatic heterocycles. The summed E-state index contributed by atoms with van der Waals surface area (Å²) in [6.45, 7) is 1.40. The van der Waals surface area contributed by atoms with Gasteiger partial charge in [-0.25, -0.2) is 8.78 Å². The van der Waals surface area contributed by atoms with Gasteiger partial charge in [0.15, 0.2) is 17.3 Å². The first-order chi connectivity index (χ1) is 38.1. The average molecular weight is 1110 g/mol. The quantitative estimate of drug-likeness (QED) is 0.0847. The molecule has 0 fully saturated rings. The number of halogens is 5. The monoisotopic (exact) mass is 1110 g/mol. The van der Waals surface area contributed by atoms with Crippen molar-refractivity contribution in [2.24, 2.45) is 0 Å². The van der Waals surface area contributed by atoms with Crippen molar-refractivity contribution in [3.05, 3.63) is 274 Å². The van der Waals surface area contributed by atoms with Gasteiger partial charge in [-0.2, -0.15) is 0 Å². The van der Waals surface area contributed by atoms with E-state index in [1.807, 2.05) is 91.0 Å². The lowest BCUT2D eigenvalue weighted by Gasteiger charge is -2.13. The number of pyridine rings is 5.